The number of carbonyl (C=O) groups is 2. The fourth-order valence-electron chi connectivity index (χ4n) is 3.27. The molecule has 0 aromatic heterocycles. The average Bonchev–Trinajstić information content (AvgIpc) is 2.54. The SMILES string of the molecule is O=C(C[C@H]1C(=O)NCCN1Cc1cccc(C(F)(F)F)c1)NC1CCC1. The largest absolute Gasteiger partial charge is 0.416 e. The molecule has 2 amide bonds. The van der Waals surface area contributed by atoms with Crippen molar-refractivity contribution < 1.29 is 22.8 Å². The van der Waals surface area contributed by atoms with Crippen LogP contribution in [-0.4, -0.2) is 41.9 Å². The highest BCUT2D eigenvalue weighted by atomic mass is 19.4. The molecule has 0 bridgehead atoms. The highest BCUT2D eigenvalue weighted by molar-refractivity contribution is 5.88. The summed E-state index contributed by atoms with van der Waals surface area (Å²) in [7, 11) is 0. The second-order valence-corrected chi connectivity index (χ2v) is 6.87. The lowest BCUT2D eigenvalue weighted by molar-refractivity contribution is -0.137. The van der Waals surface area contributed by atoms with Crippen LogP contribution in [0, 0.1) is 0 Å². The molecule has 1 atom stereocenters. The number of benzene rings is 1. The van der Waals surface area contributed by atoms with Gasteiger partial charge in [0.2, 0.25) is 11.8 Å². The summed E-state index contributed by atoms with van der Waals surface area (Å²) in [6.07, 6.45) is -1.39. The summed E-state index contributed by atoms with van der Waals surface area (Å²) in [4.78, 5) is 26.2. The van der Waals surface area contributed by atoms with Gasteiger partial charge >= 0.3 is 6.18 Å². The van der Waals surface area contributed by atoms with Gasteiger partial charge in [0.05, 0.1) is 18.0 Å². The monoisotopic (exact) mass is 369 g/mol. The highest BCUT2D eigenvalue weighted by Crippen LogP contribution is 2.30. The summed E-state index contributed by atoms with van der Waals surface area (Å²) >= 11 is 0. The summed E-state index contributed by atoms with van der Waals surface area (Å²) in [5.74, 6) is -0.447. The molecule has 0 unspecified atom stereocenters. The zero-order chi connectivity index (χ0) is 18.7. The molecule has 2 aliphatic rings. The van der Waals surface area contributed by atoms with Gasteiger partial charge in [-0.3, -0.25) is 14.5 Å². The fraction of sp³-hybridized carbons (Fsp3) is 0.556. The quantitative estimate of drug-likeness (QED) is 0.835. The second kappa shape index (κ2) is 7.65. The van der Waals surface area contributed by atoms with Crippen LogP contribution >= 0.6 is 0 Å². The summed E-state index contributed by atoms with van der Waals surface area (Å²) in [5, 5.41) is 5.63. The predicted molar refractivity (Wildman–Crippen MR) is 89.1 cm³/mol. The van der Waals surface area contributed by atoms with Crippen LogP contribution in [0.1, 0.15) is 36.8 Å². The Kier molecular flexibility index (Phi) is 5.50. The molecule has 2 fully saturated rings. The van der Waals surface area contributed by atoms with E-state index in [2.05, 4.69) is 10.6 Å². The number of carbonyl (C=O) groups excluding carboxylic acids is 2. The standard InChI is InChI=1S/C18H22F3N3O2/c19-18(20,21)13-4-1-3-12(9-13)11-24-8-7-22-17(26)15(24)10-16(25)23-14-5-2-6-14/h1,3-4,9,14-15H,2,5-8,10-11H2,(H,22,26)(H,23,25)/t15-/m0/s1. The van der Waals surface area contributed by atoms with Crippen LogP contribution in [0.4, 0.5) is 13.2 Å². The molecular weight excluding hydrogens is 347 g/mol. The molecule has 1 saturated carbocycles. The van der Waals surface area contributed by atoms with Crippen LogP contribution in [0.3, 0.4) is 0 Å². The Balaban J connectivity index is 1.67. The third-order valence-electron chi connectivity index (χ3n) is 4.93. The molecule has 2 N–H and O–H groups in total. The Morgan fingerprint density at radius 3 is 2.73 bits per heavy atom. The maximum Gasteiger partial charge on any atom is 0.416 e. The van der Waals surface area contributed by atoms with E-state index in [1.807, 2.05) is 0 Å². The highest BCUT2D eigenvalue weighted by Gasteiger charge is 2.34. The molecule has 1 aliphatic heterocycles. The van der Waals surface area contributed by atoms with Gasteiger partial charge in [-0.2, -0.15) is 13.2 Å². The van der Waals surface area contributed by atoms with Crippen molar-refractivity contribution in [3.8, 4) is 0 Å². The van der Waals surface area contributed by atoms with E-state index in [-0.39, 0.29) is 30.8 Å². The van der Waals surface area contributed by atoms with Crippen molar-refractivity contribution in [3.63, 3.8) is 0 Å². The number of rotatable bonds is 5. The summed E-state index contributed by atoms with van der Waals surface area (Å²) in [5.41, 5.74) is -0.241. The van der Waals surface area contributed by atoms with Crippen LogP contribution < -0.4 is 10.6 Å². The normalized spacial score (nSPS) is 21.8. The van der Waals surface area contributed by atoms with E-state index < -0.39 is 17.8 Å². The van der Waals surface area contributed by atoms with Crippen molar-refractivity contribution >= 4 is 11.8 Å². The van der Waals surface area contributed by atoms with Crippen molar-refractivity contribution in [2.45, 2.75) is 50.5 Å². The molecule has 3 rings (SSSR count). The van der Waals surface area contributed by atoms with Gasteiger partial charge in [-0.1, -0.05) is 18.2 Å². The molecule has 1 aromatic carbocycles. The number of nitrogens with zero attached hydrogens (tertiary/aromatic N) is 1. The van der Waals surface area contributed by atoms with Gasteiger partial charge in [0.1, 0.15) is 0 Å². The number of amides is 2. The zero-order valence-corrected chi connectivity index (χ0v) is 14.3. The van der Waals surface area contributed by atoms with E-state index in [0.717, 1.165) is 31.4 Å². The lowest BCUT2D eigenvalue weighted by Gasteiger charge is -2.35. The minimum absolute atomic E-state index is 0.0152. The number of halogens is 3. The van der Waals surface area contributed by atoms with E-state index in [9.17, 15) is 22.8 Å². The maximum atomic E-state index is 12.9. The van der Waals surface area contributed by atoms with Gasteiger partial charge in [-0.05, 0) is 30.9 Å². The van der Waals surface area contributed by atoms with E-state index in [4.69, 9.17) is 0 Å². The van der Waals surface area contributed by atoms with Gasteiger partial charge in [0, 0.05) is 25.7 Å². The molecule has 142 valence electrons. The van der Waals surface area contributed by atoms with Gasteiger partial charge in [0.25, 0.3) is 0 Å². The molecule has 1 saturated heterocycles. The van der Waals surface area contributed by atoms with Gasteiger partial charge in [-0.15, -0.1) is 0 Å². The Morgan fingerprint density at radius 1 is 1.31 bits per heavy atom. The number of alkyl halides is 3. The van der Waals surface area contributed by atoms with Crippen LogP contribution in [0.2, 0.25) is 0 Å². The van der Waals surface area contributed by atoms with Crippen LogP contribution in [0.15, 0.2) is 24.3 Å². The Bertz CT molecular complexity index is 674. The molecule has 1 aromatic rings. The van der Waals surface area contributed by atoms with E-state index >= 15 is 0 Å². The first kappa shape index (κ1) is 18.7. The minimum atomic E-state index is -4.41. The fourth-order valence-corrected chi connectivity index (χ4v) is 3.27. The van der Waals surface area contributed by atoms with Crippen LogP contribution in [0.25, 0.3) is 0 Å². The Labute approximate surface area is 149 Å². The zero-order valence-electron chi connectivity index (χ0n) is 14.3. The number of hydrogen-bond donors (Lipinski definition) is 2. The topological polar surface area (TPSA) is 61.4 Å². The van der Waals surface area contributed by atoms with Crippen molar-refractivity contribution in [1.29, 1.82) is 0 Å². The predicted octanol–water partition coefficient (Wildman–Crippen LogP) is 2.06. The lowest BCUT2D eigenvalue weighted by Crippen LogP contribution is -2.56. The smallest absolute Gasteiger partial charge is 0.353 e. The Morgan fingerprint density at radius 2 is 2.08 bits per heavy atom. The molecule has 0 radical (unpaired) electrons. The molecule has 0 spiro atoms. The number of piperazine rings is 1. The maximum absolute atomic E-state index is 12.9. The van der Waals surface area contributed by atoms with Crippen LogP contribution in [0.5, 0.6) is 0 Å². The van der Waals surface area contributed by atoms with Gasteiger partial charge < -0.3 is 10.6 Å². The summed E-state index contributed by atoms with van der Waals surface area (Å²) < 4.78 is 38.7. The van der Waals surface area contributed by atoms with Crippen LogP contribution in [-0.2, 0) is 22.3 Å². The third-order valence-corrected chi connectivity index (χ3v) is 4.93. The molecule has 1 aliphatic carbocycles. The third kappa shape index (κ3) is 4.55. The Hall–Kier alpha value is -2.09. The molecule has 26 heavy (non-hydrogen) atoms. The van der Waals surface area contributed by atoms with Crippen molar-refractivity contribution in [3.05, 3.63) is 35.4 Å². The van der Waals surface area contributed by atoms with E-state index in [0.29, 0.717) is 18.7 Å². The van der Waals surface area contributed by atoms with E-state index in [1.54, 1.807) is 11.0 Å². The first-order chi connectivity index (χ1) is 12.3. The summed E-state index contributed by atoms with van der Waals surface area (Å²) in [6.45, 7) is 1.10. The van der Waals surface area contributed by atoms with E-state index in [1.165, 1.54) is 6.07 Å². The average molecular weight is 369 g/mol. The van der Waals surface area contributed by atoms with Crippen molar-refractivity contribution in [1.82, 2.24) is 15.5 Å². The molecule has 8 heteroatoms. The second-order valence-electron chi connectivity index (χ2n) is 6.87. The van der Waals surface area contributed by atoms with Gasteiger partial charge in [-0.25, -0.2) is 0 Å². The lowest BCUT2D eigenvalue weighted by atomic mass is 9.93. The number of nitrogens with one attached hydrogen (secondary N) is 2. The molecule has 1 heterocycles. The van der Waals surface area contributed by atoms with Crippen molar-refractivity contribution in [2.75, 3.05) is 13.1 Å². The first-order valence-electron chi connectivity index (χ1n) is 8.80. The first-order valence-corrected chi connectivity index (χ1v) is 8.80. The van der Waals surface area contributed by atoms with Gasteiger partial charge in [0.15, 0.2) is 0 Å². The van der Waals surface area contributed by atoms with Crippen molar-refractivity contribution in [2.24, 2.45) is 0 Å². The summed E-state index contributed by atoms with van der Waals surface area (Å²) in [6, 6.07) is 4.60. The molecular formula is C18H22F3N3O2. The molecule has 5 nitrogen and oxygen atoms in total. The minimum Gasteiger partial charge on any atom is -0.353 e. The number of hydrogen-bond acceptors (Lipinski definition) is 3.